The van der Waals surface area contributed by atoms with E-state index in [2.05, 4.69) is 63.3 Å². The van der Waals surface area contributed by atoms with Crippen molar-refractivity contribution >= 4 is 22.2 Å². The van der Waals surface area contributed by atoms with Crippen LogP contribution in [0.5, 0.6) is 0 Å². The highest BCUT2D eigenvalue weighted by Gasteiger charge is 2.08. The van der Waals surface area contributed by atoms with Gasteiger partial charge in [0.15, 0.2) is 4.96 Å². The van der Waals surface area contributed by atoms with E-state index in [0.717, 1.165) is 41.3 Å². The van der Waals surface area contributed by atoms with E-state index in [9.17, 15) is 4.79 Å². The molecule has 0 atom stereocenters. The molecule has 26 heavy (non-hydrogen) atoms. The number of aryl methyl sites for hydroxylation is 2. The molecule has 0 aliphatic heterocycles. The molecule has 6 heteroatoms. The van der Waals surface area contributed by atoms with E-state index in [0.29, 0.717) is 13.0 Å². The average molecular weight is 371 g/mol. The smallest absolute Gasteiger partial charge is 0.220 e. The molecule has 1 amide bonds. The van der Waals surface area contributed by atoms with Crippen LogP contribution in [0.4, 0.5) is 0 Å². The largest absolute Gasteiger partial charge is 0.352 e. The number of likely N-dealkylation sites (N-methyl/N-ethyl adjacent to an activating group) is 1. The number of nitrogens with one attached hydrogen (secondary N) is 1. The average Bonchev–Trinajstić information content (AvgIpc) is 3.16. The number of benzene rings is 1. The van der Waals surface area contributed by atoms with Crippen LogP contribution in [-0.4, -0.2) is 40.8 Å². The zero-order chi connectivity index (χ0) is 18.5. The molecule has 0 unspecified atom stereocenters. The molecule has 2 heterocycles. The fourth-order valence-corrected chi connectivity index (χ4v) is 3.78. The van der Waals surface area contributed by atoms with Crippen molar-refractivity contribution < 1.29 is 4.79 Å². The molecule has 5 nitrogen and oxygen atoms in total. The predicted molar refractivity (Wildman–Crippen MR) is 107 cm³/mol. The Kier molecular flexibility index (Phi) is 6.06. The van der Waals surface area contributed by atoms with Crippen molar-refractivity contribution in [2.75, 3.05) is 20.6 Å². The minimum absolute atomic E-state index is 0.0814. The summed E-state index contributed by atoms with van der Waals surface area (Å²) in [5.74, 6) is 0.0814. The number of aromatic nitrogens is 2. The van der Waals surface area contributed by atoms with Crippen LogP contribution in [0.25, 0.3) is 4.96 Å². The van der Waals surface area contributed by atoms with Crippen LogP contribution in [0.3, 0.4) is 0 Å². The van der Waals surface area contributed by atoms with Crippen LogP contribution in [0, 0.1) is 6.92 Å². The third kappa shape index (κ3) is 4.93. The SMILES string of the molecule is Cc1cn2c(CCC(=O)NCc3ccc(CCN(C)C)cc3)csc2n1. The Morgan fingerprint density at radius 1 is 1.19 bits per heavy atom. The van der Waals surface area contributed by atoms with Gasteiger partial charge in [-0.15, -0.1) is 11.3 Å². The van der Waals surface area contributed by atoms with E-state index < -0.39 is 0 Å². The number of carbonyl (C=O) groups is 1. The molecule has 138 valence electrons. The van der Waals surface area contributed by atoms with Gasteiger partial charge >= 0.3 is 0 Å². The number of hydrogen-bond acceptors (Lipinski definition) is 4. The van der Waals surface area contributed by atoms with Crippen LogP contribution in [0.2, 0.25) is 0 Å². The van der Waals surface area contributed by atoms with Crippen molar-refractivity contribution in [2.24, 2.45) is 0 Å². The summed E-state index contributed by atoms with van der Waals surface area (Å²) < 4.78 is 2.08. The molecule has 3 aromatic rings. The number of imidazole rings is 1. The Morgan fingerprint density at radius 2 is 1.92 bits per heavy atom. The Bertz CT molecular complexity index is 864. The lowest BCUT2D eigenvalue weighted by atomic mass is 10.1. The molecule has 1 N–H and O–H groups in total. The Morgan fingerprint density at radius 3 is 2.65 bits per heavy atom. The molecule has 1 aromatic carbocycles. The summed E-state index contributed by atoms with van der Waals surface area (Å²) in [5.41, 5.74) is 4.61. The molecule has 0 radical (unpaired) electrons. The minimum Gasteiger partial charge on any atom is -0.352 e. The quantitative estimate of drug-likeness (QED) is 0.663. The van der Waals surface area contributed by atoms with Gasteiger partial charge in [0, 0.05) is 36.8 Å². The van der Waals surface area contributed by atoms with Crippen molar-refractivity contribution in [3.8, 4) is 0 Å². The summed E-state index contributed by atoms with van der Waals surface area (Å²) in [6.45, 7) is 3.61. The van der Waals surface area contributed by atoms with Gasteiger partial charge in [-0.3, -0.25) is 9.20 Å². The van der Waals surface area contributed by atoms with E-state index in [1.165, 1.54) is 5.56 Å². The zero-order valence-electron chi connectivity index (χ0n) is 15.7. The van der Waals surface area contributed by atoms with Crippen molar-refractivity contribution in [1.82, 2.24) is 19.6 Å². The molecule has 0 aliphatic carbocycles. The van der Waals surface area contributed by atoms with E-state index >= 15 is 0 Å². The number of hydrogen-bond donors (Lipinski definition) is 1. The van der Waals surface area contributed by atoms with Crippen LogP contribution < -0.4 is 5.32 Å². The van der Waals surface area contributed by atoms with Crippen LogP contribution in [0.1, 0.15) is 28.9 Å². The fraction of sp³-hybridized carbons (Fsp3) is 0.400. The number of rotatable bonds is 8. The lowest BCUT2D eigenvalue weighted by Gasteiger charge is -2.10. The molecule has 0 aliphatic rings. The van der Waals surface area contributed by atoms with Crippen molar-refractivity contribution in [2.45, 2.75) is 32.7 Å². The molecular weight excluding hydrogens is 344 g/mol. The molecule has 0 spiro atoms. The lowest BCUT2D eigenvalue weighted by Crippen LogP contribution is -2.23. The number of thiazole rings is 1. The van der Waals surface area contributed by atoms with Gasteiger partial charge in [0.05, 0.1) is 5.69 Å². The number of fused-ring (bicyclic) bond motifs is 1. The van der Waals surface area contributed by atoms with Crippen molar-refractivity contribution in [1.29, 1.82) is 0 Å². The summed E-state index contributed by atoms with van der Waals surface area (Å²) >= 11 is 1.62. The summed E-state index contributed by atoms with van der Waals surface area (Å²) in [6, 6.07) is 8.49. The summed E-state index contributed by atoms with van der Waals surface area (Å²) in [5, 5.41) is 5.10. The third-order valence-corrected chi connectivity index (χ3v) is 5.26. The highest BCUT2D eigenvalue weighted by molar-refractivity contribution is 7.15. The lowest BCUT2D eigenvalue weighted by molar-refractivity contribution is -0.121. The van der Waals surface area contributed by atoms with Gasteiger partial charge in [-0.25, -0.2) is 4.98 Å². The van der Waals surface area contributed by atoms with Gasteiger partial charge in [0.1, 0.15) is 0 Å². The topological polar surface area (TPSA) is 49.6 Å². The number of amides is 1. The number of nitrogens with zero attached hydrogens (tertiary/aromatic N) is 3. The van der Waals surface area contributed by atoms with Crippen LogP contribution >= 0.6 is 11.3 Å². The van der Waals surface area contributed by atoms with E-state index in [-0.39, 0.29) is 5.91 Å². The standard InChI is InChI=1S/C20H26N4OS/c1-15-13-24-18(14-26-20(24)22-15)8-9-19(25)21-12-17-6-4-16(5-7-17)10-11-23(2)3/h4-7,13-14H,8-12H2,1-3H3,(H,21,25). The summed E-state index contributed by atoms with van der Waals surface area (Å²) in [6.07, 6.45) is 4.29. The van der Waals surface area contributed by atoms with Gasteiger partial charge in [-0.2, -0.15) is 0 Å². The first-order valence-corrected chi connectivity index (χ1v) is 9.80. The first-order chi connectivity index (χ1) is 12.5. The normalized spacial score (nSPS) is 11.4. The summed E-state index contributed by atoms with van der Waals surface area (Å²) in [4.78, 5) is 19.8. The second-order valence-electron chi connectivity index (χ2n) is 6.91. The monoisotopic (exact) mass is 370 g/mol. The second kappa shape index (κ2) is 8.47. The van der Waals surface area contributed by atoms with Gasteiger partial charge in [0.25, 0.3) is 0 Å². The molecule has 0 saturated carbocycles. The second-order valence-corrected chi connectivity index (χ2v) is 7.74. The Hall–Kier alpha value is -2.18. The first-order valence-electron chi connectivity index (χ1n) is 8.92. The van der Waals surface area contributed by atoms with E-state index in [4.69, 9.17) is 0 Å². The van der Waals surface area contributed by atoms with Gasteiger partial charge in [0.2, 0.25) is 5.91 Å². The van der Waals surface area contributed by atoms with Gasteiger partial charge in [-0.05, 0) is 45.0 Å². The fourth-order valence-electron chi connectivity index (χ4n) is 2.83. The maximum atomic E-state index is 12.2. The van der Waals surface area contributed by atoms with Crippen molar-refractivity contribution in [3.63, 3.8) is 0 Å². The molecule has 0 fully saturated rings. The van der Waals surface area contributed by atoms with Gasteiger partial charge < -0.3 is 10.2 Å². The maximum absolute atomic E-state index is 12.2. The molecule has 3 rings (SSSR count). The van der Waals surface area contributed by atoms with E-state index in [1.807, 2.05) is 13.1 Å². The molecular formula is C20H26N4OS. The third-order valence-electron chi connectivity index (χ3n) is 4.37. The molecule has 0 saturated heterocycles. The molecule has 0 bridgehead atoms. The van der Waals surface area contributed by atoms with E-state index in [1.54, 1.807) is 11.3 Å². The maximum Gasteiger partial charge on any atom is 0.220 e. The highest BCUT2D eigenvalue weighted by Crippen LogP contribution is 2.17. The van der Waals surface area contributed by atoms with Gasteiger partial charge in [-0.1, -0.05) is 24.3 Å². The van der Waals surface area contributed by atoms with Crippen LogP contribution in [0.15, 0.2) is 35.8 Å². The highest BCUT2D eigenvalue weighted by atomic mass is 32.1. The predicted octanol–water partition coefficient (Wildman–Crippen LogP) is 3.06. The molecule has 2 aromatic heterocycles. The Balaban J connectivity index is 1.45. The minimum atomic E-state index is 0.0814. The zero-order valence-corrected chi connectivity index (χ0v) is 16.5. The summed E-state index contributed by atoms with van der Waals surface area (Å²) in [7, 11) is 4.16. The first kappa shape index (κ1) is 18.6. The van der Waals surface area contributed by atoms with Crippen molar-refractivity contribution in [3.05, 3.63) is 58.4 Å². The number of carbonyl (C=O) groups excluding carboxylic acids is 1. The Labute approximate surface area is 158 Å². The van der Waals surface area contributed by atoms with Crippen LogP contribution in [-0.2, 0) is 24.2 Å².